The van der Waals surface area contributed by atoms with Crippen molar-refractivity contribution in [2.45, 2.75) is 31.6 Å². The number of aliphatic imine (C=N–C) groups is 1. The van der Waals surface area contributed by atoms with Crippen LogP contribution in [0, 0.1) is 0 Å². The summed E-state index contributed by atoms with van der Waals surface area (Å²) in [5, 5.41) is 0. The van der Waals surface area contributed by atoms with Crippen LogP contribution in [-0.4, -0.2) is 26.5 Å². The summed E-state index contributed by atoms with van der Waals surface area (Å²) in [7, 11) is 3.08. The summed E-state index contributed by atoms with van der Waals surface area (Å²) in [6.07, 6.45) is -9.93. The van der Waals surface area contributed by atoms with Gasteiger partial charge in [0.2, 0.25) is 0 Å². The molecule has 0 saturated heterocycles. The van der Waals surface area contributed by atoms with Gasteiger partial charge in [-0.1, -0.05) is 13.8 Å². The lowest BCUT2D eigenvalue weighted by molar-refractivity contribution is -0.143. The van der Waals surface area contributed by atoms with Crippen LogP contribution >= 0.6 is 0 Å². The Labute approximate surface area is 209 Å². The van der Waals surface area contributed by atoms with E-state index in [1.165, 1.54) is 19.2 Å². The number of methoxy groups -OCH3 is 2. The largest absolute Gasteiger partial charge is 0.493 e. The molecule has 1 heterocycles. The first-order valence-corrected chi connectivity index (χ1v) is 11.1. The zero-order valence-electron chi connectivity index (χ0n) is 20.3. The predicted molar refractivity (Wildman–Crippen MR) is 126 cm³/mol. The van der Waals surface area contributed by atoms with Gasteiger partial charge < -0.3 is 14.2 Å². The predicted octanol–water partition coefficient (Wildman–Crippen LogP) is 7.66. The van der Waals surface area contributed by atoms with E-state index in [9.17, 15) is 26.3 Å². The molecule has 0 fully saturated rings. The Kier molecular flexibility index (Phi) is 6.64. The van der Waals surface area contributed by atoms with Gasteiger partial charge in [-0.2, -0.15) is 26.3 Å². The molecule has 0 amide bonds. The van der Waals surface area contributed by atoms with E-state index >= 15 is 0 Å². The quantitative estimate of drug-likeness (QED) is 0.323. The summed E-state index contributed by atoms with van der Waals surface area (Å²) >= 11 is 0. The maximum Gasteiger partial charge on any atom is 0.416 e. The van der Waals surface area contributed by atoms with E-state index in [2.05, 4.69) is 13.8 Å². The average molecular weight is 523 g/mol. The smallest absolute Gasteiger partial charge is 0.416 e. The Bertz CT molecular complexity index is 1310. The van der Waals surface area contributed by atoms with Crippen molar-refractivity contribution in [3.8, 4) is 23.0 Å². The van der Waals surface area contributed by atoms with Crippen molar-refractivity contribution in [3.05, 3.63) is 82.4 Å². The van der Waals surface area contributed by atoms with Crippen LogP contribution in [0.4, 0.5) is 26.3 Å². The molecular weight excluding hydrogens is 500 g/mol. The molecule has 0 N–H and O–H groups in total. The van der Waals surface area contributed by atoms with Gasteiger partial charge >= 0.3 is 12.4 Å². The van der Waals surface area contributed by atoms with Crippen LogP contribution in [0.15, 0.2) is 59.6 Å². The molecule has 0 aliphatic carbocycles. The first kappa shape index (κ1) is 26.4. The minimum Gasteiger partial charge on any atom is -0.493 e. The van der Waals surface area contributed by atoms with Gasteiger partial charge in [0.15, 0.2) is 11.5 Å². The molecule has 10 heteroatoms. The van der Waals surface area contributed by atoms with Gasteiger partial charge in [0.1, 0.15) is 11.5 Å². The fraction of sp³-hybridized carbons (Fsp3) is 0.296. The molecule has 0 radical (unpaired) electrons. The Morgan fingerprint density at radius 1 is 0.730 bits per heavy atom. The zero-order chi connectivity index (χ0) is 27.2. The fourth-order valence-electron chi connectivity index (χ4n) is 4.13. The third kappa shape index (κ3) is 5.38. The van der Waals surface area contributed by atoms with Gasteiger partial charge in [-0.15, -0.1) is 0 Å². The second-order valence-corrected chi connectivity index (χ2v) is 9.17. The van der Waals surface area contributed by atoms with E-state index in [4.69, 9.17) is 19.2 Å². The van der Waals surface area contributed by atoms with E-state index in [-0.39, 0.29) is 17.2 Å². The normalized spacial score (nSPS) is 15.0. The Hall–Kier alpha value is -3.69. The SMILES string of the molecule is COc1cc2c(cc1OC)C(C)(C)CN=C2c1ccc(Oc2cc(C(F)(F)F)cc(C(F)(F)F)c2)cc1. The van der Waals surface area contributed by atoms with Crippen molar-refractivity contribution < 1.29 is 40.6 Å². The number of fused-ring (bicyclic) bond motifs is 1. The highest BCUT2D eigenvalue weighted by Crippen LogP contribution is 2.41. The van der Waals surface area contributed by atoms with Crippen molar-refractivity contribution in [2.75, 3.05) is 20.8 Å². The van der Waals surface area contributed by atoms with Crippen LogP contribution < -0.4 is 14.2 Å². The number of alkyl halides is 6. The Morgan fingerprint density at radius 3 is 1.78 bits per heavy atom. The van der Waals surface area contributed by atoms with Crippen LogP contribution in [0.1, 0.15) is 41.7 Å². The standard InChI is InChI=1S/C27H23F6NO3/c1-25(2)14-34-24(20-12-22(35-3)23(36-4)13-21(20)25)15-5-7-18(8-6-15)37-19-10-16(26(28,29)30)9-17(11-19)27(31,32)33/h5-13H,14H2,1-4H3. The highest BCUT2D eigenvalue weighted by Gasteiger charge is 2.37. The second-order valence-electron chi connectivity index (χ2n) is 9.17. The summed E-state index contributed by atoms with van der Waals surface area (Å²) in [6, 6.07) is 11.1. The maximum atomic E-state index is 13.2. The number of ether oxygens (including phenoxy) is 3. The molecule has 1 aliphatic rings. The molecule has 196 valence electrons. The molecule has 0 aromatic heterocycles. The summed E-state index contributed by atoms with van der Waals surface area (Å²) in [4.78, 5) is 4.75. The number of hydrogen-bond donors (Lipinski definition) is 0. The van der Waals surface area contributed by atoms with Gasteiger partial charge in [-0.25, -0.2) is 0 Å². The third-order valence-electron chi connectivity index (χ3n) is 6.07. The summed E-state index contributed by atoms with van der Waals surface area (Å²) in [5.41, 5.74) is 0.00963. The topological polar surface area (TPSA) is 40.0 Å². The van der Waals surface area contributed by atoms with E-state index in [1.54, 1.807) is 19.2 Å². The van der Waals surface area contributed by atoms with Crippen LogP contribution in [0.2, 0.25) is 0 Å². The molecule has 37 heavy (non-hydrogen) atoms. The minimum atomic E-state index is -4.97. The van der Waals surface area contributed by atoms with Gasteiger partial charge in [-0.05, 0) is 60.2 Å². The summed E-state index contributed by atoms with van der Waals surface area (Å²) < 4.78 is 95.2. The number of benzene rings is 3. The number of hydrogen-bond acceptors (Lipinski definition) is 4. The second kappa shape index (κ2) is 9.32. The van der Waals surface area contributed by atoms with Crippen molar-refractivity contribution >= 4 is 5.71 Å². The van der Waals surface area contributed by atoms with Crippen LogP contribution in [0.5, 0.6) is 23.0 Å². The first-order valence-electron chi connectivity index (χ1n) is 11.1. The molecule has 0 bridgehead atoms. The third-order valence-corrected chi connectivity index (χ3v) is 6.07. The maximum absolute atomic E-state index is 13.2. The van der Waals surface area contributed by atoms with Crippen molar-refractivity contribution in [1.82, 2.24) is 0 Å². The highest BCUT2D eigenvalue weighted by molar-refractivity contribution is 6.15. The molecule has 3 aromatic rings. The lowest BCUT2D eigenvalue weighted by Crippen LogP contribution is -2.30. The Balaban J connectivity index is 1.68. The molecule has 0 saturated carbocycles. The first-order chi connectivity index (χ1) is 17.2. The lowest BCUT2D eigenvalue weighted by atomic mass is 9.77. The van der Waals surface area contributed by atoms with Gasteiger partial charge in [0.25, 0.3) is 0 Å². The van der Waals surface area contributed by atoms with E-state index < -0.39 is 29.2 Å². The van der Waals surface area contributed by atoms with Crippen LogP contribution in [0.3, 0.4) is 0 Å². The van der Waals surface area contributed by atoms with Gasteiger partial charge in [-0.3, -0.25) is 4.99 Å². The average Bonchev–Trinajstić information content (AvgIpc) is 2.83. The lowest BCUT2D eigenvalue weighted by Gasteiger charge is -2.32. The van der Waals surface area contributed by atoms with Gasteiger partial charge in [0, 0.05) is 23.1 Å². The zero-order valence-corrected chi connectivity index (χ0v) is 20.3. The molecule has 3 aromatic carbocycles. The number of rotatable bonds is 5. The van der Waals surface area contributed by atoms with Crippen LogP contribution in [-0.2, 0) is 17.8 Å². The monoisotopic (exact) mass is 523 g/mol. The molecule has 1 aliphatic heterocycles. The van der Waals surface area contributed by atoms with Crippen molar-refractivity contribution in [1.29, 1.82) is 0 Å². The molecular formula is C27H23F6NO3. The minimum absolute atomic E-state index is 0.0549. The van der Waals surface area contributed by atoms with E-state index in [0.29, 0.717) is 41.5 Å². The number of halogens is 6. The molecule has 0 unspecified atom stereocenters. The van der Waals surface area contributed by atoms with Crippen LogP contribution in [0.25, 0.3) is 0 Å². The summed E-state index contributed by atoms with van der Waals surface area (Å²) in [6.45, 7) is 4.60. The number of nitrogens with zero attached hydrogens (tertiary/aromatic N) is 1. The Morgan fingerprint density at radius 2 is 1.27 bits per heavy atom. The molecule has 4 nitrogen and oxygen atoms in total. The van der Waals surface area contributed by atoms with Crippen molar-refractivity contribution in [2.24, 2.45) is 4.99 Å². The molecule has 4 rings (SSSR count). The highest BCUT2D eigenvalue weighted by atomic mass is 19.4. The fourth-order valence-corrected chi connectivity index (χ4v) is 4.13. The summed E-state index contributed by atoms with van der Waals surface area (Å²) in [5.74, 6) is 0.601. The van der Waals surface area contributed by atoms with Crippen molar-refractivity contribution in [3.63, 3.8) is 0 Å². The van der Waals surface area contributed by atoms with E-state index in [0.717, 1.165) is 11.1 Å². The molecule has 0 spiro atoms. The van der Waals surface area contributed by atoms with E-state index in [1.807, 2.05) is 12.1 Å². The van der Waals surface area contributed by atoms with Gasteiger partial charge in [0.05, 0.1) is 31.1 Å². The molecule has 0 atom stereocenters.